The summed E-state index contributed by atoms with van der Waals surface area (Å²) in [4.78, 5) is 11.4. The highest BCUT2D eigenvalue weighted by molar-refractivity contribution is 5.31. The fraction of sp³-hybridized carbons (Fsp3) is 0.438. The van der Waals surface area contributed by atoms with Crippen LogP contribution in [0.4, 0.5) is 0 Å². The Balaban J connectivity index is 1.61. The van der Waals surface area contributed by atoms with E-state index >= 15 is 0 Å². The summed E-state index contributed by atoms with van der Waals surface area (Å²) in [5.74, 6) is 0.768. The SMILES string of the molecule is Cc1n[nH]c(C)c1C1CCCN1Cc1cn2cccnc2n1. The Kier molecular flexibility index (Phi) is 3.18. The van der Waals surface area contributed by atoms with E-state index in [0.717, 1.165) is 30.3 Å². The first-order valence-electron chi connectivity index (χ1n) is 7.76. The summed E-state index contributed by atoms with van der Waals surface area (Å²) in [6, 6.07) is 2.37. The zero-order chi connectivity index (χ0) is 15.1. The van der Waals surface area contributed by atoms with Crippen LogP contribution in [0.5, 0.6) is 0 Å². The molecule has 6 nitrogen and oxygen atoms in total. The first-order valence-corrected chi connectivity index (χ1v) is 7.76. The van der Waals surface area contributed by atoms with E-state index in [1.54, 1.807) is 6.20 Å². The van der Waals surface area contributed by atoms with Crippen LogP contribution in [-0.4, -0.2) is 36.0 Å². The minimum absolute atomic E-state index is 0.441. The molecular formula is C16H20N6. The van der Waals surface area contributed by atoms with Crippen LogP contribution < -0.4 is 0 Å². The molecule has 0 aromatic carbocycles. The van der Waals surface area contributed by atoms with Gasteiger partial charge in [0.15, 0.2) is 0 Å². The van der Waals surface area contributed by atoms with Crippen molar-refractivity contribution in [3.63, 3.8) is 0 Å². The van der Waals surface area contributed by atoms with Crippen molar-refractivity contribution in [3.05, 3.63) is 47.3 Å². The molecule has 114 valence electrons. The minimum Gasteiger partial charge on any atom is -0.291 e. The van der Waals surface area contributed by atoms with Gasteiger partial charge >= 0.3 is 0 Å². The molecule has 1 atom stereocenters. The fourth-order valence-electron chi connectivity index (χ4n) is 3.56. The summed E-state index contributed by atoms with van der Waals surface area (Å²) in [5, 5.41) is 7.47. The van der Waals surface area contributed by atoms with Crippen LogP contribution in [0.2, 0.25) is 0 Å². The number of rotatable bonds is 3. The van der Waals surface area contributed by atoms with Crippen LogP contribution in [0.3, 0.4) is 0 Å². The van der Waals surface area contributed by atoms with Gasteiger partial charge in [-0.15, -0.1) is 0 Å². The highest BCUT2D eigenvalue weighted by atomic mass is 15.2. The molecule has 0 amide bonds. The van der Waals surface area contributed by atoms with Crippen LogP contribution in [0.25, 0.3) is 5.78 Å². The molecule has 1 N–H and O–H groups in total. The maximum absolute atomic E-state index is 4.62. The van der Waals surface area contributed by atoms with Crippen molar-refractivity contribution < 1.29 is 0 Å². The zero-order valence-corrected chi connectivity index (χ0v) is 13.0. The van der Waals surface area contributed by atoms with E-state index in [-0.39, 0.29) is 0 Å². The van der Waals surface area contributed by atoms with E-state index in [0.29, 0.717) is 6.04 Å². The van der Waals surface area contributed by atoms with Crippen molar-refractivity contribution in [2.24, 2.45) is 0 Å². The molecule has 0 spiro atoms. The van der Waals surface area contributed by atoms with Gasteiger partial charge in [-0.2, -0.15) is 5.10 Å². The van der Waals surface area contributed by atoms with Crippen LogP contribution in [0, 0.1) is 13.8 Å². The molecule has 6 heteroatoms. The van der Waals surface area contributed by atoms with Gasteiger partial charge in [-0.25, -0.2) is 9.97 Å². The second kappa shape index (κ2) is 5.21. The van der Waals surface area contributed by atoms with Crippen LogP contribution in [0.1, 0.15) is 41.5 Å². The predicted molar refractivity (Wildman–Crippen MR) is 83.4 cm³/mol. The summed E-state index contributed by atoms with van der Waals surface area (Å²) < 4.78 is 1.98. The normalized spacial score (nSPS) is 19.3. The van der Waals surface area contributed by atoms with E-state index in [9.17, 15) is 0 Å². The van der Waals surface area contributed by atoms with Gasteiger partial charge in [0.25, 0.3) is 0 Å². The monoisotopic (exact) mass is 296 g/mol. The topological polar surface area (TPSA) is 62.1 Å². The number of hydrogen-bond donors (Lipinski definition) is 1. The number of aryl methyl sites for hydroxylation is 2. The first-order chi connectivity index (χ1) is 10.7. The van der Waals surface area contributed by atoms with E-state index in [2.05, 4.69) is 45.1 Å². The smallest absolute Gasteiger partial charge is 0.233 e. The Hall–Kier alpha value is -2.21. The predicted octanol–water partition coefficient (Wildman–Crippen LogP) is 2.41. The Labute approximate surface area is 129 Å². The molecule has 0 bridgehead atoms. The Morgan fingerprint density at radius 3 is 3.05 bits per heavy atom. The molecule has 3 aromatic heterocycles. The van der Waals surface area contributed by atoms with Crippen molar-refractivity contribution in [2.75, 3.05) is 6.54 Å². The van der Waals surface area contributed by atoms with Gasteiger partial charge < -0.3 is 0 Å². The van der Waals surface area contributed by atoms with Gasteiger partial charge in [0.2, 0.25) is 5.78 Å². The third-order valence-electron chi connectivity index (χ3n) is 4.53. The highest BCUT2D eigenvalue weighted by Gasteiger charge is 2.30. The van der Waals surface area contributed by atoms with Crippen molar-refractivity contribution in [2.45, 2.75) is 39.3 Å². The quantitative estimate of drug-likeness (QED) is 0.806. The lowest BCUT2D eigenvalue weighted by Gasteiger charge is -2.24. The molecule has 0 saturated carbocycles. The van der Waals surface area contributed by atoms with Crippen molar-refractivity contribution in [1.82, 2.24) is 29.5 Å². The number of H-pyrrole nitrogens is 1. The number of imidazole rings is 1. The van der Waals surface area contributed by atoms with Crippen molar-refractivity contribution in [3.8, 4) is 0 Å². The summed E-state index contributed by atoms with van der Waals surface area (Å²) >= 11 is 0. The number of nitrogens with zero attached hydrogens (tertiary/aromatic N) is 5. The maximum atomic E-state index is 4.62. The Morgan fingerprint density at radius 1 is 1.36 bits per heavy atom. The summed E-state index contributed by atoms with van der Waals surface area (Å²) in [7, 11) is 0. The van der Waals surface area contributed by atoms with Gasteiger partial charge in [-0.05, 0) is 39.3 Å². The third-order valence-corrected chi connectivity index (χ3v) is 4.53. The molecule has 4 rings (SSSR count). The number of aromatic amines is 1. The second-order valence-electron chi connectivity index (χ2n) is 6.04. The van der Waals surface area contributed by atoms with Gasteiger partial charge in [-0.3, -0.25) is 14.4 Å². The summed E-state index contributed by atoms with van der Waals surface area (Å²) in [6.07, 6.45) is 8.26. The number of aromatic nitrogens is 5. The van der Waals surface area contributed by atoms with E-state index in [1.165, 1.54) is 24.1 Å². The van der Waals surface area contributed by atoms with E-state index < -0.39 is 0 Å². The number of nitrogens with one attached hydrogen (secondary N) is 1. The summed E-state index contributed by atoms with van der Waals surface area (Å²) in [5.41, 5.74) is 4.74. The number of likely N-dealkylation sites (tertiary alicyclic amines) is 1. The van der Waals surface area contributed by atoms with Crippen molar-refractivity contribution in [1.29, 1.82) is 0 Å². The molecule has 22 heavy (non-hydrogen) atoms. The lowest BCUT2D eigenvalue weighted by molar-refractivity contribution is 0.244. The molecule has 1 fully saturated rings. The van der Waals surface area contributed by atoms with Crippen LogP contribution in [0.15, 0.2) is 24.7 Å². The molecular weight excluding hydrogens is 276 g/mol. The zero-order valence-electron chi connectivity index (χ0n) is 13.0. The lowest BCUT2D eigenvalue weighted by atomic mass is 10.0. The largest absolute Gasteiger partial charge is 0.291 e. The molecule has 0 radical (unpaired) electrons. The van der Waals surface area contributed by atoms with Gasteiger partial charge in [-0.1, -0.05) is 0 Å². The Morgan fingerprint density at radius 2 is 2.27 bits per heavy atom. The molecule has 0 aliphatic carbocycles. The minimum atomic E-state index is 0.441. The van der Waals surface area contributed by atoms with Crippen LogP contribution in [-0.2, 0) is 6.54 Å². The molecule has 4 heterocycles. The molecule has 1 saturated heterocycles. The third kappa shape index (κ3) is 2.20. The molecule has 1 aliphatic rings. The molecule has 3 aromatic rings. The van der Waals surface area contributed by atoms with Gasteiger partial charge in [0.1, 0.15) is 0 Å². The summed E-state index contributed by atoms with van der Waals surface area (Å²) in [6.45, 7) is 6.17. The Bertz CT molecular complexity index is 749. The molecule has 1 unspecified atom stereocenters. The standard InChI is InChI=1S/C16H20N6/c1-11-15(12(2)20-19-11)14-5-3-7-21(14)9-13-10-22-8-4-6-17-16(22)18-13/h4,6,8,10,14H,3,5,7,9H2,1-2H3,(H,19,20). The van der Waals surface area contributed by atoms with Gasteiger partial charge in [0.05, 0.1) is 11.4 Å². The van der Waals surface area contributed by atoms with E-state index in [1.807, 2.05) is 16.7 Å². The van der Waals surface area contributed by atoms with E-state index in [4.69, 9.17) is 0 Å². The van der Waals surface area contributed by atoms with Crippen molar-refractivity contribution >= 4 is 5.78 Å². The number of fused-ring (bicyclic) bond motifs is 1. The number of hydrogen-bond acceptors (Lipinski definition) is 4. The van der Waals surface area contributed by atoms with Crippen LogP contribution >= 0.6 is 0 Å². The highest BCUT2D eigenvalue weighted by Crippen LogP contribution is 2.35. The fourth-order valence-corrected chi connectivity index (χ4v) is 3.56. The average molecular weight is 296 g/mol. The maximum Gasteiger partial charge on any atom is 0.233 e. The first kappa shape index (κ1) is 13.5. The average Bonchev–Trinajstić information content (AvgIpc) is 3.19. The lowest BCUT2D eigenvalue weighted by Crippen LogP contribution is -2.23. The van der Waals surface area contributed by atoms with Gasteiger partial charge in [0, 0.05) is 42.4 Å². The molecule has 1 aliphatic heterocycles. The second-order valence-corrected chi connectivity index (χ2v) is 6.04.